The summed E-state index contributed by atoms with van der Waals surface area (Å²) in [6, 6.07) is 18.1. The van der Waals surface area contributed by atoms with Crippen molar-refractivity contribution in [2.45, 2.75) is 0 Å². The maximum absolute atomic E-state index is 9.23. The molecule has 1 nitrogen and oxygen atoms in total. The topological polar surface area (TPSA) is 13.1 Å². The highest BCUT2D eigenvalue weighted by Gasteiger charge is 2.18. The molecule has 162 valence electrons. The molecule has 35 heavy (non-hydrogen) atoms. The van der Waals surface area contributed by atoms with Gasteiger partial charge in [0.2, 0.25) is 0 Å². The first-order chi connectivity index (χ1) is 21.1. The molecule has 0 N–H and O–H groups in total. The van der Waals surface area contributed by atoms with Crippen molar-refractivity contribution in [3.8, 4) is 11.1 Å². The Bertz CT molecular complexity index is 2600. The van der Waals surface area contributed by atoms with E-state index in [2.05, 4.69) is 6.07 Å². The minimum Gasteiger partial charge on any atom is -0.455 e. The zero-order valence-electron chi connectivity index (χ0n) is 27.3. The van der Waals surface area contributed by atoms with Crippen LogP contribution in [0.3, 0.4) is 0 Å². The summed E-state index contributed by atoms with van der Waals surface area (Å²) in [5.41, 5.74) is 0.740. The predicted octanol–water partition coefficient (Wildman–Crippen LogP) is 9.87. The molecule has 1 heteroatoms. The maximum Gasteiger partial charge on any atom is 0.143 e. The van der Waals surface area contributed by atoms with E-state index in [1.54, 1.807) is 0 Å². The van der Waals surface area contributed by atoms with Gasteiger partial charge in [-0.3, -0.25) is 0 Å². The third-order valence-corrected chi connectivity index (χ3v) is 6.77. The standard InChI is InChI=1S/C34H20O/c1-4-11-24-21(8-1)16-18-27-30(24)20-23-10-3-5-12-25(23)32(27)28-14-7-15-31-33(28)29-19-17-22-9-2-6-13-26(22)34(29)35-31/h1-20H/i2D,6D,7D,9D,13D,14D,15D,17D,19D. The van der Waals surface area contributed by atoms with Crippen LogP contribution in [0.2, 0.25) is 0 Å². The molecule has 0 aliphatic rings. The lowest BCUT2D eigenvalue weighted by molar-refractivity contribution is 0.673. The number of hydrogen-bond acceptors (Lipinski definition) is 1. The van der Waals surface area contributed by atoms with Crippen LogP contribution in [0.1, 0.15) is 12.3 Å². The minimum absolute atomic E-state index is 0.0691. The van der Waals surface area contributed by atoms with Crippen LogP contribution in [0.5, 0.6) is 0 Å². The molecule has 0 atom stereocenters. The summed E-state index contributed by atoms with van der Waals surface area (Å²) in [6.07, 6.45) is 0. The fourth-order valence-electron chi connectivity index (χ4n) is 5.24. The van der Waals surface area contributed by atoms with Gasteiger partial charge >= 0.3 is 0 Å². The van der Waals surface area contributed by atoms with Gasteiger partial charge in [-0.2, -0.15) is 0 Å². The molecular weight excluding hydrogens is 424 g/mol. The van der Waals surface area contributed by atoms with Crippen molar-refractivity contribution in [3.05, 3.63) is 121 Å². The third kappa shape index (κ3) is 2.58. The van der Waals surface area contributed by atoms with Gasteiger partial charge in [0.15, 0.2) is 0 Å². The summed E-state index contributed by atoms with van der Waals surface area (Å²) in [5.74, 6) is 0. The Morgan fingerprint density at radius 1 is 0.514 bits per heavy atom. The van der Waals surface area contributed by atoms with Crippen LogP contribution in [-0.4, -0.2) is 0 Å². The molecule has 1 aromatic heterocycles. The summed E-state index contributed by atoms with van der Waals surface area (Å²) >= 11 is 0. The average molecular weight is 454 g/mol. The first-order valence-electron chi connectivity index (χ1n) is 15.8. The van der Waals surface area contributed by atoms with Crippen molar-refractivity contribution in [1.82, 2.24) is 0 Å². The highest BCUT2D eigenvalue weighted by Crippen LogP contribution is 2.45. The molecule has 0 fully saturated rings. The fraction of sp³-hybridized carbons (Fsp3) is 0. The van der Waals surface area contributed by atoms with Crippen molar-refractivity contribution in [3.63, 3.8) is 0 Å². The van der Waals surface area contributed by atoms with E-state index in [0.29, 0.717) is 5.56 Å². The van der Waals surface area contributed by atoms with Crippen LogP contribution in [-0.2, 0) is 0 Å². The second-order valence-electron chi connectivity index (χ2n) is 8.61. The van der Waals surface area contributed by atoms with Crippen LogP contribution >= 0.6 is 0 Å². The number of fused-ring (bicyclic) bond motifs is 9. The van der Waals surface area contributed by atoms with Gasteiger partial charge in [-0.05, 0) is 67.0 Å². The first-order valence-corrected chi connectivity index (χ1v) is 11.3. The Kier molecular flexibility index (Phi) is 2.42. The van der Waals surface area contributed by atoms with Gasteiger partial charge in [0.25, 0.3) is 0 Å². The van der Waals surface area contributed by atoms with Crippen molar-refractivity contribution in [1.29, 1.82) is 0 Å². The Hall–Kier alpha value is -4.62. The third-order valence-electron chi connectivity index (χ3n) is 6.77. The molecular formula is C34H20O. The van der Waals surface area contributed by atoms with E-state index in [4.69, 9.17) is 15.4 Å². The van der Waals surface area contributed by atoms with Crippen LogP contribution in [0.25, 0.3) is 76.2 Å². The molecule has 0 amide bonds. The highest BCUT2D eigenvalue weighted by molar-refractivity contribution is 6.26. The van der Waals surface area contributed by atoms with Gasteiger partial charge in [0.1, 0.15) is 11.2 Å². The lowest BCUT2D eigenvalue weighted by Crippen LogP contribution is -1.88. The van der Waals surface area contributed by atoms with Crippen LogP contribution in [0.4, 0.5) is 0 Å². The van der Waals surface area contributed by atoms with Gasteiger partial charge in [-0.25, -0.2) is 0 Å². The Morgan fingerprint density at radius 2 is 1.34 bits per heavy atom. The molecule has 0 unspecified atom stereocenters. The smallest absolute Gasteiger partial charge is 0.143 e. The molecule has 0 aliphatic heterocycles. The molecule has 1 heterocycles. The highest BCUT2D eigenvalue weighted by atomic mass is 16.3. The van der Waals surface area contributed by atoms with E-state index in [-0.39, 0.29) is 62.4 Å². The van der Waals surface area contributed by atoms with Crippen molar-refractivity contribution < 1.29 is 16.8 Å². The normalized spacial score (nSPS) is 15.6. The van der Waals surface area contributed by atoms with E-state index in [0.717, 1.165) is 32.3 Å². The molecule has 0 aliphatic carbocycles. The van der Waals surface area contributed by atoms with Crippen molar-refractivity contribution >= 4 is 65.0 Å². The summed E-state index contributed by atoms with van der Waals surface area (Å²) in [5, 5.41) is 5.47. The minimum atomic E-state index is -0.524. The van der Waals surface area contributed by atoms with Crippen LogP contribution in [0, 0.1) is 0 Å². The van der Waals surface area contributed by atoms with E-state index >= 15 is 0 Å². The Morgan fingerprint density at radius 3 is 2.29 bits per heavy atom. The number of benzene rings is 7. The lowest BCUT2D eigenvalue weighted by Gasteiger charge is -2.15. The molecule has 8 rings (SSSR count). The van der Waals surface area contributed by atoms with E-state index in [1.165, 1.54) is 0 Å². The molecule has 7 aromatic carbocycles. The van der Waals surface area contributed by atoms with Gasteiger partial charge in [0.05, 0.1) is 12.3 Å². The van der Waals surface area contributed by atoms with Crippen molar-refractivity contribution in [2.75, 3.05) is 0 Å². The second kappa shape index (κ2) is 6.94. The Balaban J connectivity index is 1.69. The number of hydrogen-bond donors (Lipinski definition) is 0. The summed E-state index contributed by atoms with van der Waals surface area (Å²) in [6.45, 7) is 0. The zero-order chi connectivity index (χ0) is 30.8. The predicted molar refractivity (Wildman–Crippen MR) is 149 cm³/mol. The van der Waals surface area contributed by atoms with Crippen LogP contribution in [0.15, 0.2) is 126 Å². The fourth-order valence-corrected chi connectivity index (χ4v) is 5.24. The average Bonchev–Trinajstić information content (AvgIpc) is 3.43. The molecule has 0 bridgehead atoms. The SMILES string of the molecule is [2H]c1c([2H])c(-c2c3ccccc3cc3c2ccc2ccccc23)c2c(oc3c4c([2H])c([2H])c([2H])c([2H])c4c([2H])c([2H])c32)c1[2H]. The zero-order valence-corrected chi connectivity index (χ0v) is 18.3. The Labute approximate surface area is 214 Å². The molecule has 0 spiro atoms. The summed E-state index contributed by atoms with van der Waals surface area (Å²) in [4.78, 5) is 0. The van der Waals surface area contributed by atoms with Gasteiger partial charge in [-0.15, -0.1) is 0 Å². The number of furan rings is 1. The van der Waals surface area contributed by atoms with Gasteiger partial charge in [0, 0.05) is 16.2 Å². The first kappa shape index (κ1) is 12.2. The molecule has 0 radical (unpaired) electrons. The quantitative estimate of drug-likeness (QED) is 0.178. The molecule has 0 saturated heterocycles. The maximum atomic E-state index is 9.23. The summed E-state index contributed by atoms with van der Waals surface area (Å²) < 4.78 is 84.6. The molecule has 8 aromatic rings. The van der Waals surface area contributed by atoms with E-state index < -0.39 is 30.2 Å². The summed E-state index contributed by atoms with van der Waals surface area (Å²) in [7, 11) is 0. The van der Waals surface area contributed by atoms with Crippen LogP contribution < -0.4 is 0 Å². The van der Waals surface area contributed by atoms with E-state index in [1.807, 2.05) is 60.7 Å². The lowest BCUT2D eigenvalue weighted by atomic mass is 9.88. The van der Waals surface area contributed by atoms with Gasteiger partial charge < -0.3 is 4.42 Å². The van der Waals surface area contributed by atoms with Gasteiger partial charge in [-0.1, -0.05) is 103 Å². The number of rotatable bonds is 1. The van der Waals surface area contributed by atoms with E-state index in [9.17, 15) is 1.37 Å². The molecule has 0 saturated carbocycles. The second-order valence-corrected chi connectivity index (χ2v) is 8.61. The largest absolute Gasteiger partial charge is 0.455 e. The van der Waals surface area contributed by atoms with Crippen molar-refractivity contribution in [2.24, 2.45) is 0 Å². The monoisotopic (exact) mass is 453 g/mol.